The highest BCUT2D eigenvalue weighted by atomic mass is 19.3. The summed E-state index contributed by atoms with van der Waals surface area (Å²) in [6.07, 6.45) is -2.55. The number of rotatable bonds is 3. The molecule has 0 unspecified atom stereocenters. The molecule has 0 radical (unpaired) electrons. The van der Waals surface area contributed by atoms with Crippen LogP contribution in [-0.2, 0) is 0 Å². The van der Waals surface area contributed by atoms with Crippen molar-refractivity contribution in [1.29, 1.82) is 0 Å². The Bertz CT molecular complexity index is 291. The van der Waals surface area contributed by atoms with Crippen LogP contribution in [0.1, 0.15) is 0 Å². The molecule has 1 aromatic carbocycles. The van der Waals surface area contributed by atoms with E-state index in [0.29, 0.717) is 0 Å². The van der Waals surface area contributed by atoms with Crippen molar-refractivity contribution in [2.75, 3.05) is 12.3 Å². The number of nitrogens with two attached hydrogens (primary N) is 1. The standard InChI is InChI=1S/C8H9F2NO2/c9-7(10)4-13-6-3-1-2-5(12)8(6)11/h1-3,7,12H,4,11H2. The molecule has 3 nitrogen and oxygen atoms in total. The van der Waals surface area contributed by atoms with Crippen LogP contribution in [0.2, 0.25) is 0 Å². The van der Waals surface area contributed by atoms with Gasteiger partial charge in [-0.1, -0.05) is 6.07 Å². The van der Waals surface area contributed by atoms with E-state index in [1.165, 1.54) is 18.2 Å². The fourth-order valence-corrected chi connectivity index (χ4v) is 0.811. The number of anilines is 1. The van der Waals surface area contributed by atoms with Crippen LogP contribution in [0.25, 0.3) is 0 Å². The van der Waals surface area contributed by atoms with Gasteiger partial charge in [0.15, 0.2) is 0 Å². The Balaban J connectivity index is 2.71. The number of benzene rings is 1. The first-order chi connectivity index (χ1) is 6.11. The van der Waals surface area contributed by atoms with Crippen LogP contribution in [0.5, 0.6) is 11.5 Å². The van der Waals surface area contributed by atoms with Gasteiger partial charge in [-0.3, -0.25) is 0 Å². The molecule has 0 aliphatic heterocycles. The molecule has 0 aliphatic rings. The van der Waals surface area contributed by atoms with Gasteiger partial charge < -0.3 is 15.6 Å². The fraction of sp³-hybridized carbons (Fsp3) is 0.250. The Morgan fingerprint density at radius 2 is 2.15 bits per heavy atom. The highest BCUT2D eigenvalue weighted by molar-refractivity contribution is 5.61. The van der Waals surface area contributed by atoms with Crippen LogP contribution in [-0.4, -0.2) is 18.1 Å². The maximum atomic E-state index is 11.7. The van der Waals surface area contributed by atoms with Crippen molar-refractivity contribution >= 4 is 5.69 Å². The highest BCUT2D eigenvalue weighted by Gasteiger charge is 2.07. The number of hydrogen-bond donors (Lipinski definition) is 2. The Hall–Kier alpha value is -1.52. The first-order valence-corrected chi connectivity index (χ1v) is 3.59. The number of alkyl halides is 2. The third-order valence-electron chi connectivity index (χ3n) is 1.41. The zero-order valence-corrected chi connectivity index (χ0v) is 6.71. The molecule has 0 spiro atoms. The lowest BCUT2D eigenvalue weighted by Crippen LogP contribution is -2.08. The second-order valence-electron chi connectivity index (χ2n) is 2.39. The second kappa shape index (κ2) is 3.93. The van der Waals surface area contributed by atoms with Gasteiger partial charge in [-0.25, -0.2) is 8.78 Å². The smallest absolute Gasteiger partial charge is 0.272 e. The largest absolute Gasteiger partial charge is 0.506 e. The second-order valence-corrected chi connectivity index (χ2v) is 2.39. The molecule has 0 saturated heterocycles. The fourth-order valence-electron chi connectivity index (χ4n) is 0.811. The lowest BCUT2D eigenvalue weighted by Gasteiger charge is -2.08. The average Bonchev–Trinajstić information content (AvgIpc) is 2.07. The predicted octanol–water partition coefficient (Wildman–Crippen LogP) is 1.62. The first-order valence-electron chi connectivity index (χ1n) is 3.59. The minimum absolute atomic E-state index is 0.0249. The van der Waals surface area contributed by atoms with E-state index in [1.807, 2.05) is 0 Å². The monoisotopic (exact) mass is 189 g/mol. The van der Waals surface area contributed by atoms with E-state index in [4.69, 9.17) is 10.8 Å². The van der Waals surface area contributed by atoms with Crippen LogP contribution in [0.4, 0.5) is 14.5 Å². The summed E-state index contributed by atoms with van der Waals surface area (Å²) in [5.74, 6) is -0.105. The normalized spacial score (nSPS) is 10.4. The van der Waals surface area contributed by atoms with Crippen molar-refractivity contribution in [3.05, 3.63) is 18.2 Å². The van der Waals surface area contributed by atoms with Gasteiger partial charge in [0.1, 0.15) is 23.8 Å². The van der Waals surface area contributed by atoms with Gasteiger partial charge in [-0.05, 0) is 12.1 Å². The van der Waals surface area contributed by atoms with Crippen molar-refractivity contribution in [1.82, 2.24) is 0 Å². The van der Waals surface area contributed by atoms with Gasteiger partial charge in [-0.15, -0.1) is 0 Å². The highest BCUT2D eigenvalue weighted by Crippen LogP contribution is 2.29. The summed E-state index contributed by atoms with van der Waals surface area (Å²) in [5.41, 5.74) is 5.32. The molecule has 5 heteroatoms. The summed E-state index contributed by atoms with van der Waals surface area (Å²) in [5, 5.41) is 9.07. The molecular weight excluding hydrogens is 180 g/mol. The summed E-state index contributed by atoms with van der Waals surface area (Å²) in [6, 6.07) is 4.23. The molecule has 0 saturated carbocycles. The first kappa shape index (κ1) is 9.57. The molecular formula is C8H9F2NO2. The summed E-state index contributed by atoms with van der Waals surface area (Å²) in [4.78, 5) is 0. The molecule has 0 bridgehead atoms. The zero-order valence-electron chi connectivity index (χ0n) is 6.71. The third-order valence-corrected chi connectivity index (χ3v) is 1.41. The lowest BCUT2D eigenvalue weighted by molar-refractivity contribution is 0.0822. The molecule has 0 fully saturated rings. The molecule has 3 N–H and O–H groups in total. The Labute approximate surface area is 73.7 Å². The van der Waals surface area contributed by atoms with Crippen LogP contribution in [0, 0.1) is 0 Å². The Morgan fingerprint density at radius 1 is 1.46 bits per heavy atom. The molecule has 0 aromatic heterocycles. The summed E-state index contributed by atoms with van der Waals surface area (Å²) < 4.78 is 28.1. The summed E-state index contributed by atoms with van der Waals surface area (Å²) in [7, 11) is 0. The van der Waals surface area contributed by atoms with Gasteiger partial charge in [0.25, 0.3) is 6.43 Å². The minimum Gasteiger partial charge on any atom is -0.506 e. The third kappa shape index (κ3) is 2.47. The number of ether oxygens (including phenoxy) is 1. The quantitative estimate of drug-likeness (QED) is 0.561. The van der Waals surface area contributed by atoms with Gasteiger partial charge in [0, 0.05) is 0 Å². The van der Waals surface area contributed by atoms with E-state index in [-0.39, 0.29) is 17.2 Å². The van der Waals surface area contributed by atoms with Crippen LogP contribution >= 0.6 is 0 Å². The summed E-state index contributed by atoms with van der Waals surface area (Å²) in [6.45, 7) is -0.729. The van der Waals surface area contributed by atoms with E-state index in [1.54, 1.807) is 0 Å². The van der Waals surface area contributed by atoms with Crippen LogP contribution in [0.3, 0.4) is 0 Å². The number of hydrogen-bond acceptors (Lipinski definition) is 3. The van der Waals surface area contributed by atoms with Crippen molar-refractivity contribution in [3.8, 4) is 11.5 Å². The number of halogens is 2. The van der Waals surface area contributed by atoms with E-state index in [2.05, 4.69) is 4.74 Å². The number of phenolic OH excluding ortho intramolecular Hbond substituents is 1. The number of aromatic hydroxyl groups is 1. The van der Waals surface area contributed by atoms with Gasteiger partial charge in [-0.2, -0.15) is 0 Å². The van der Waals surface area contributed by atoms with E-state index < -0.39 is 13.0 Å². The zero-order chi connectivity index (χ0) is 9.84. The van der Waals surface area contributed by atoms with Crippen molar-refractivity contribution in [2.24, 2.45) is 0 Å². The average molecular weight is 189 g/mol. The molecule has 0 atom stereocenters. The Morgan fingerprint density at radius 3 is 2.77 bits per heavy atom. The van der Waals surface area contributed by atoms with E-state index in [0.717, 1.165) is 0 Å². The topological polar surface area (TPSA) is 55.5 Å². The minimum atomic E-state index is -2.55. The maximum Gasteiger partial charge on any atom is 0.272 e. The molecule has 1 rings (SSSR count). The number of nitrogen functional groups attached to an aromatic ring is 1. The van der Waals surface area contributed by atoms with Gasteiger partial charge in [0.2, 0.25) is 0 Å². The maximum absolute atomic E-state index is 11.7. The summed E-state index contributed by atoms with van der Waals surface area (Å²) >= 11 is 0. The van der Waals surface area contributed by atoms with Crippen molar-refractivity contribution < 1.29 is 18.6 Å². The number of para-hydroxylation sites is 1. The van der Waals surface area contributed by atoms with E-state index >= 15 is 0 Å². The molecule has 72 valence electrons. The lowest BCUT2D eigenvalue weighted by atomic mass is 10.3. The van der Waals surface area contributed by atoms with Crippen LogP contribution in [0.15, 0.2) is 18.2 Å². The predicted molar refractivity (Wildman–Crippen MR) is 44.0 cm³/mol. The van der Waals surface area contributed by atoms with Crippen LogP contribution < -0.4 is 10.5 Å². The van der Waals surface area contributed by atoms with Crippen molar-refractivity contribution in [2.45, 2.75) is 6.43 Å². The molecule has 13 heavy (non-hydrogen) atoms. The van der Waals surface area contributed by atoms with Gasteiger partial charge >= 0.3 is 0 Å². The SMILES string of the molecule is Nc1c(O)cccc1OCC(F)F. The molecule has 1 aromatic rings. The Kier molecular flexibility index (Phi) is 2.89. The molecule has 0 amide bonds. The van der Waals surface area contributed by atoms with Gasteiger partial charge in [0.05, 0.1) is 0 Å². The van der Waals surface area contributed by atoms with E-state index in [9.17, 15) is 8.78 Å². The molecule has 0 heterocycles. The number of phenols is 1. The molecule has 0 aliphatic carbocycles. The van der Waals surface area contributed by atoms with Crippen molar-refractivity contribution in [3.63, 3.8) is 0 Å².